The first kappa shape index (κ1) is 20.8. The molecule has 0 unspecified atom stereocenters. The number of aliphatic imine (C=N–C) groups is 1. The molecule has 0 radical (unpaired) electrons. The van der Waals surface area contributed by atoms with Crippen molar-refractivity contribution in [2.45, 2.75) is 68.2 Å². The highest BCUT2D eigenvalue weighted by Crippen LogP contribution is 2.34. The van der Waals surface area contributed by atoms with Crippen LogP contribution in [-0.2, 0) is 14.8 Å². The summed E-state index contributed by atoms with van der Waals surface area (Å²) in [6, 6.07) is 6.30. The fraction of sp³-hybridized carbons (Fsp3) is 0.619. The van der Waals surface area contributed by atoms with E-state index in [-0.39, 0.29) is 23.9 Å². The molecule has 1 amide bonds. The van der Waals surface area contributed by atoms with Crippen molar-refractivity contribution in [1.29, 1.82) is 0 Å². The molecule has 1 saturated carbocycles. The summed E-state index contributed by atoms with van der Waals surface area (Å²) < 4.78 is 27.2. The van der Waals surface area contributed by atoms with Crippen LogP contribution in [0.5, 0.6) is 0 Å². The predicted octanol–water partition coefficient (Wildman–Crippen LogP) is 3.75. The fourth-order valence-electron chi connectivity index (χ4n) is 4.73. The van der Waals surface area contributed by atoms with Crippen molar-refractivity contribution in [2.75, 3.05) is 13.1 Å². The van der Waals surface area contributed by atoms with Gasteiger partial charge >= 0.3 is 0 Å². The Kier molecular flexibility index (Phi) is 6.00. The molecule has 6 nitrogen and oxygen atoms in total. The van der Waals surface area contributed by atoms with Gasteiger partial charge in [0.05, 0.1) is 4.90 Å². The van der Waals surface area contributed by atoms with Crippen molar-refractivity contribution >= 4 is 33.4 Å². The molecule has 8 heteroatoms. The topological polar surface area (TPSA) is 78.8 Å². The molecule has 2 fully saturated rings. The minimum absolute atomic E-state index is 0.0732. The van der Waals surface area contributed by atoms with Crippen LogP contribution in [0.15, 0.2) is 34.2 Å². The van der Waals surface area contributed by atoms with Gasteiger partial charge in [0, 0.05) is 24.5 Å². The van der Waals surface area contributed by atoms with Gasteiger partial charge in [-0.3, -0.25) is 9.79 Å². The second-order valence-corrected chi connectivity index (χ2v) is 10.8. The van der Waals surface area contributed by atoms with E-state index in [1.54, 1.807) is 18.2 Å². The van der Waals surface area contributed by atoms with E-state index in [0.29, 0.717) is 17.9 Å². The quantitative estimate of drug-likeness (QED) is 0.761. The van der Waals surface area contributed by atoms with Gasteiger partial charge in [0.1, 0.15) is 11.4 Å². The van der Waals surface area contributed by atoms with Crippen LogP contribution in [0.4, 0.5) is 0 Å². The lowest BCUT2D eigenvalue weighted by Crippen LogP contribution is -2.50. The molecule has 1 aliphatic carbocycles. The number of nitrogens with zero attached hydrogens (tertiary/aromatic N) is 2. The number of hydrogen-bond donors (Lipinski definition) is 1. The van der Waals surface area contributed by atoms with Crippen molar-refractivity contribution in [3.05, 3.63) is 29.3 Å². The Balaban J connectivity index is 1.39. The van der Waals surface area contributed by atoms with Crippen LogP contribution in [0.3, 0.4) is 0 Å². The third kappa shape index (κ3) is 4.37. The third-order valence-corrected chi connectivity index (χ3v) is 8.66. The summed E-state index contributed by atoms with van der Waals surface area (Å²) in [4.78, 5) is 17.6. The van der Waals surface area contributed by atoms with Crippen molar-refractivity contribution in [3.8, 4) is 0 Å². The number of halogens is 1. The Morgan fingerprint density at radius 3 is 2.59 bits per heavy atom. The Hall–Kier alpha value is -1.44. The lowest BCUT2D eigenvalue weighted by atomic mass is 9.86. The number of amides is 1. The second kappa shape index (κ2) is 8.36. The Bertz CT molecular complexity index is 902. The van der Waals surface area contributed by atoms with Gasteiger partial charge < -0.3 is 5.32 Å². The highest BCUT2D eigenvalue weighted by molar-refractivity contribution is 7.89. The fourth-order valence-corrected chi connectivity index (χ4v) is 6.47. The van der Waals surface area contributed by atoms with Gasteiger partial charge in [-0.05, 0) is 43.4 Å². The zero-order chi connectivity index (χ0) is 20.5. The van der Waals surface area contributed by atoms with E-state index in [9.17, 15) is 13.2 Å². The van der Waals surface area contributed by atoms with E-state index in [4.69, 9.17) is 16.6 Å². The third-order valence-electron chi connectivity index (χ3n) is 6.53. The molecule has 0 atom stereocenters. The van der Waals surface area contributed by atoms with Gasteiger partial charge in [0.25, 0.3) is 5.91 Å². The molecule has 2 aliphatic heterocycles. The highest BCUT2D eigenvalue weighted by atomic mass is 35.5. The summed E-state index contributed by atoms with van der Waals surface area (Å²) in [5, 5.41) is 3.36. The van der Waals surface area contributed by atoms with Crippen LogP contribution in [-0.4, -0.2) is 43.1 Å². The average molecular weight is 438 g/mol. The van der Waals surface area contributed by atoms with Gasteiger partial charge in [-0.2, -0.15) is 4.31 Å². The van der Waals surface area contributed by atoms with Crippen molar-refractivity contribution < 1.29 is 13.2 Å². The first-order valence-electron chi connectivity index (χ1n) is 10.5. The predicted molar refractivity (Wildman–Crippen MR) is 114 cm³/mol. The van der Waals surface area contributed by atoms with Gasteiger partial charge in [-0.15, -0.1) is 0 Å². The number of amidine groups is 1. The van der Waals surface area contributed by atoms with E-state index in [1.807, 2.05) is 0 Å². The summed E-state index contributed by atoms with van der Waals surface area (Å²) in [7, 11) is -3.62. The Labute approximate surface area is 177 Å². The number of rotatable bonds is 5. The van der Waals surface area contributed by atoms with Crippen LogP contribution in [0.1, 0.15) is 57.8 Å². The number of sulfonamides is 1. The molecule has 0 aromatic heterocycles. The van der Waals surface area contributed by atoms with Crippen LogP contribution >= 0.6 is 11.6 Å². The van der Waals surface area contributed by atoms with E-state index in [0.717, 1.165) is 24.6 Å². The molecular weight excluding hydrogens is 410 g/mol. The van der Waals surface area contributed by atoms with Gasteiger partial charge in [0.2, 0.25) is 10.0 Å². The summed E-state index contributed by atoms with van der Waals surface area (Å²) in [5.74, 6) is 1.45. The molecule has 1 saturated heterocycles. The standard InChI is InChI=1S/C21H28ClN3O3S/c22-17-7-4-8-18(15-17)29(27,28)25-13-11-21(12-14-25)20(26)23-19(24-21)10-9-16-5-2-1-3-6-16/h4,7-8,15-16H,1-3,5-6,9-14H2,(H,23,24,26). The lowest BCUT2D eigenvalue weighted by molar-refractivity contribution is -0.124. The zero-order valence-electron chi connectivity index (χ0n) is 16.6. The maximum absolute atomic E-state index is 12.9. The maximum Gasteiger partial charge on any atom is 0.253 e. The molecule has 1 aromatic carbocycles. The molecule has 1 spiro atoms. The normalized spacial score (nSPS) is 23.2. The molecular formula is C21H28ClN3O3S. The molecule has 1 N–H and O–H groups in total. The summed E-state index contributed by atoms with van der Waals surface area (Å²) in [6.45, 7) is 0.559. The van der Waals surface area contributed by atoms with Crippen LogP contribution in [0.25, 0.3) is 0 Å². The molecule has 4 rings (SSSR count). The highest BCUT2D eigenvalue weighted by Gasteiger charge is 2.47. The molecule has 3 aliphatic rings. The Morgan fingerprint density at radius 2 is 1.90 bits per heavy atom. The number of carbonyl (C=O) groups excluding carboxylic acids is 1. The summed E-state index contributed by atoms with van der Waals surface area (Å²) >= 11 is 5.96. The van der Waals surface area contributed by atoms with Crippen molar-refractivity contribution in [2.24, 2.45) is 10.9 Å². The van der Waals surface area contributed by atoms with Crippen molar-refractivity contribution in [1.82, 2.24) is 9.62 Å². The molecule has 1 aromatic rings. The summed E-state index contributed by atoms with van der Waals surface area (Å²) in [5.41, 5.74) is -0.803. The zero-order valence-corrected chi connectivity index (χ0v) is 18.1. The smallest absolute Gasteiger partial charge is 0.253 e. The number of benzene rings is 1. The molecule has 0 bridgehead atoms. The van der Waals surface area contributed by atoms with Gasteiger partial charge in [0.15, 0.2) is 0 Å². The molecule has 2 heterocycles. The maximum atomic E-state index is 12.9. The largest absolute Gasteiger partial charge is 0.312 e. The SMILES string of the molecule is O=C1NC(CCC2CCCCC2)=NC12CCN(S(=O)(=O)c1cccc(Cl)c1)CC2. The van der Waals surface area contributed by atoms with Gasteiger partial charge in [-0.25, -0.2) is 8.42 Å². The second-order valence-electron chi connectivity index (χ2n) is 8.45. The van der Waals surface area contributed by atoms with Crippen molar-refractivity contribution in [3.63, 3.8) is 0 Å². The van der Waals surface area contributed by atoms with E-state index < -0.39 is 15.6 Å². The first-order chi connectivity index (χ1) is 13.9. The van der Waals surface area contributed by atoms with E-state index >= 15 is 0 Å². The number of hydrogen-bond acceptors (Lipinski definition) is 4. The minimum atomic E-state index is -3.62. The molecule has 29 heavy (non-hydrogen) atoms. The van der Waals surface area contributed by atoms with Crippen LogP contribution in [0, 0.1) is 5.92 Å². The van der Waals surface area contributed by atoms with Gasteiger partial charge in [-0.1, -0.05) is 49.8 Å². The monoisotopic (exact) mass is 437 g/mol. The Morgan fingerprint density at radius 1 is 1.17 bits per heavy atom. The number of piperidine rings is 1. The number of nitrogens with one attached hydrogen (secondary N) is 1. The molecule has 158 valence electrons. The van der Waals surface area contributed by atoms with E-state index in [2.05, 4.69) is 5.32 Å². The minimum Gasteiger partial charge on any atom is -0.312 e. The van der Waals surface area contributed by atoms with Crippen LogP contribution in [0.2, 0.25) is 5.02 Å². The lowest BCUT2D eigenvalue weighted by Gasteiger charge is -2.34. The first-order valence-corrected chi connectivity index (χ1v) is 12.4. The number of carbonyl (C=O) groups is 1. The average Bonchev–Trinajstić information content (AvgIpc) is 3.02. The van der Waals surface area contributed by atoms with Crippen LogP contribution < -0.4 is 5.32 Å². The van der Waals surface area contributed by atoms with E-state index in [1.165, 1.54) is 42.5 Å². The summed E-state index contributed by atoms with van der Waals surface area (Å²) in [6.07, 6.45) is 9.22.